The highest BCUT2D eigenvalue weighted by Gasteiger charge is 2.41. The topological polar surface area (TPSA) is 105 Å². The lowest BCUT2D eigenvalue weighted by Gasteiger charge is -2.34. The molecular formula is C24H28N2O6. The Bertz CT molecular complexity index is 962. The second-order valence-corrected chi connectivity index (χ2v) is 7.87. The van der Waals surface area contributed by atoms with Crippen molar-refractivity contribution < 1.29 is 29.0 Å². The van der Waals surface area contributed by atoms with Gasteiger partial charge in [-0.3, -0.25) is 9.59 Å². The highest BCUT2D eigenvalue weighted by molar-refractivity contribution is 5.92. The van der Waals surface area contributed by atoms with Crippen LogP contribution in [0.1, 0.15) is 30.4 Å². The minimum absolute atomic E-state index is 0.103. The van der Waals surface area contributed by atoms with Gasteiger partial charge < -0.3 is 24.8 Å². The number of fused-ring (bicyclic) bond motifs is 3. The standard InChI is InChI=1S/C24H28N2O6/c1-4-24(15-31-3,22(29)26(2)13-21(27)28)25-23(30)32-14-20-18-11-7-5-9-16(18)17-10-6-8-12-19(17)20/h5-12,20H,4,13-15H2,1-3H3,(H,25,30)(H,27,28). The largest absolute Gasteiger partial charge is 0.480 e. The maximum absolute atomic E-state index is 13.0. The maximum Gasteiger partial charge on any atom is 0.408 e. The first kappa shape index (κ1) is 23.3. The molecule has 32 heavy (non-hydrogen) atoms. The summed E-state index contributed by atoms with van der Waals surface area (Å²) in [7, 11) is 2.78. The number of amides is 2. The Balaban J connectivity index is 1.75. The highest BCUT2D eigenvalue weighted by atomic mass is 16.5. The number of hydrogen-bond acceptors (Lipinski definition) is 5. The van der Waals surface area contributed by atoms with Crippen molar-refractivity contribution in [2.24, 2.45) is 0 Å². The lowest BCUT2D eigenvalue weighted by atomic mass is 9.95. The van der Waals surface area contributed by atoms with E-state index in [1.807, 2.05) is 48.5 Å². The van der Waals surface area contributed by atoms with E-state index in [0.29, 0.717) is 0 Å². The molecule has 0 heterocycles. The van der Waals surface area contributed by atoms with Gasteiger partial charge in [-0.1, -0.05) is 55.5 Å². The van der Waals surface area contributed by atoms with E-state index in [4.69, 9.17) is 14.6 Å². The van der Waals surface area contributed by atoms with E-state index >= 15 is 0 Å². The normalized spacial score (nSPS) is 14.1. The summed E-state index contributed by atoms with van der Waals surface area (Å²) >= 11 is 0. The molecule has 0 bridgehead atoms. The van der Waals surface area contributed by atoms with Crippen molar-refractivity contribution in [1.29, 1.82) is 0 Å². The second-order valence-electron chi connectivity index (χ2n) is 7.87. The van der Waals surface area contributed by atoms with E-state index in [1.54, 1.807) is 6.92 Å². The highest BCUT2D eigenvalue weighted by Crippen LogP contribution is 2.44. The third-order valence-corrected chi connectivity index (χ3v) is 5.81. The van der Waals surface area contributed by atoms with Gasteiger partial charge in [0.1, 0.15) is 18.7 Å². The van der Waals surface area contributed by atoms with Crippen molar-refractivity contribution in [3.05, 3.63) is 59.7 Å². The maximum atomic E-state index is 13.0. The molecule has 2 aromatic rings. The van der Waals surface area contributed by atoms with Crippen LogP contribution in [0.4, 0.5) is 4.79 Å². The number of carboxylic acids is 1. The number of rotatable bonds is 9. The first-order valence-corrected chi connectivity index (χ1v) is 10.4. The van der Waals surface area contributed by atoms with Crippen LogP contribution in [0.5, 0.6) is 0 Å². The van der Waals surface area contributed by atoms with Crippen LogP contribution < -0.4 is 5.32 Å². The number of carbonyl (C=O) groups excluding carboxylic acids is 2. The van der Waals surface area contributed by atoms with Gasteiger partial charge in [-0.05, 0) is 28.7 Å². The number of likely N-dealkylation sites (N-methyl/N-ethyl adjacent to an activating group) is 1. The van der Waals surface area contributed by atoms with Gasteiger partial charge in [0, 0.05) is 20.1 Å². The summed E-state index contributed by atoms with van der Waals surface area (Å²) in [5, 5.41) is 11.6. The van der Waals surface area contributed by atoms with Crippen molar-refractivity contribution in [1.82, 2.24) is 10.2 Å². The van der Waals surface area contributed by atoms with Crippen LogP contribution in [-0.2, 0) is 19.1 Å². The summed E-state index contributed by atoms with van der Waals surface area (Å²) in [6, 6.07) is 16.0. The van der Waals surface area contributed by atoms with Crippen molar-refractivity contribution in [3.63, 3.8) is 0 Å². The summed E-state index contributed by atoms with van der Waals surface area (Å²) in [5.41, 5.74) is 2.96. The second kappa shape index (κ2) is 9.82. The molecule has 0 saturated heterocycles. The first-order valence-electron chi connectivity index (χ1n) is 10.4. The SMILES string of the molecule is CCC(COC)(NC(=O)OCC1c2ccccc2-c2ccccc21)C(=O)N(C)CC(=O)O. The number of aliphatic carboxylic acids is 1. The van der Waals surface area contributed by atoms with E-state index in [2.05, 4.69) is 5.32 Å². The minimum atomic E-state index is -1.43. The molecule has 8 heteroatoms. The van der Waals surface area contributed by atoms with Crippen LogP contribution in [0, 0.1) is 0 Å². The fraction of sp³-hybridized carbons (Fsp3) is 0.375. The van der Waals surface area contributed by atoms with Gasteiger partial charge in [0.15, 0.2) is 0 Å². The lowest BCUT2D eigenvalue weighted by Crippen LogP contribution is -2.62. The van der Waals surface area contributed by atoms with E-state index in [1.165, 1.54) is 14.2 Å². The summed E-state index contributed by atoms with van der Waals surface area (Å²) < 4.78 is 10.7. The Hall–Kier alpha value is -3.39. The Morgan fingerprint density at radius 1 is 1.06 bits per heavy atom. The average Bonchev–Trinajstić information content (AvgIpc) is 3.10. The fourth-order valence-corrected chi connectivity index (χ4v) is 4.21. The molecule has 1 unspecified atom stereocenters. The fourth-order valence-electron chi connectivity index (χ4n) is 4.21. The number of carbonyl (C=O) groups is 3. The van der Waals surface area contributed by atoms with E-state index in [0.717, 1.165) is 27.2 Å². The Labute approximate surface area is 187 Å². The van der Waals surface area contributed by atoms with Crippen LogP contribution in [0.15, 0.2) is 48.5 Å². The number of methoxy groups -OCH3 is 1. The van der Waals surface area contributed by atoms with Crippen LogP contribution >= 0.6 is 0 Å². The van der Waals surface area contributed by atoms with Gasteiger partial charge in [-0.25, -0.2) is 4.79 Å². The molecule has 1 aliphatic rings. The van der Waals surface area contributed by atoms with E-state index < -0.39 is 30.1 Å². The predicted octanol–water partition coefficient (Wildman–Crippen LogP) is 2.86. The first-order chi connectivity index (χ1) is 15.3. The molecule has 0 saturated carbocycles. The average molecular weight is 440 g/mol. The van der Waals surface area contributed by atoms with Gasteiger partial charge in [0.25, 0.3) is 5.91 Å². The van der Waals surface area contributed by atoms with Gasteiger partial charge >= 0.3 is 12.1 Å². The molecule has 0 fully saturated rings. The van der Waals surface area contributed by atoms with Gasteiger partial charge in [-0.2, -0.15) is 0 Å². The summed E-state index contributed by atoms with van der Waals surface area (Å²) in [4.78, 5) is 37.8. The minimum Gasteiger partial charge on any atom is -0.480 e. The molecule has 2 amide bonds. The summed E-state index contributed by atoms with van der Waals surface area (Å²) in [6.45, 7) is 1.22. The predicted molar refractivity (Wildman–Crippen MR) is 118 cm³/mol. The van der Waals surface area contributed by atoms with Gasteiger partial charge in [0.05, 0.1) is 6.61 Å². The zero-order chi connectivity index (χ0) is 23.3. The molecule has 3 rings (SSSR count). The molecule has 2 N–H and O–H groups in total. The molecule has 8 nitrogen and oxygen atoms in total. The number of ether oxygens (including phenoxy) is 2. The van der Waals surface area contributed by atoms with Crippen LogP contribution in [-0.4, -0.2) is 67.4 Å². The van der Waals surface area contributed by atoms with Gasteiger partial charge in [0.2, 0.25) is 0 Å². The zero-order valence-corrected chi connectivity index (χ0v) is 18.5. The number of benzene rings is 2. The van der Waals surface area contributed by atoms with Crippen LogP contribution in [0.3, 0.4) is 0 Å². The van der Waals surface area contributed by atoms with Crippen LogP contribution in [0.2, 0.25) is 0 Å². The number of alkyl carbamates (subject to hydrolysis) is 1. The molecule has 0 radical (unpaired) electrons. The van der Waals surface area contributed by atoms with Crippen LogP contribution in [0.25, 0.3) is 11.1 Å². The van der Waals surface area contributed by atoms with Crippen molar-refractivity contribution >= 4 is 18.0 Å². The third-order valence-electron chi connectivity index (χ3n) is 5.81. The van der Waals surface area contributed by atoms with Gasteiger partial charge in [-0.15, -0.1) is 0 Å². The third kappa shape index (κ3) is 4.60. The molecule has 0 aromatic heterocycles. The lowest BCUT2D eigenvalue weighted by molar-refractivity contribution is -0.147. The molecule has 0 spiro atoms. The number of nitrogens with zero attached hydrogens (tertiary/aromatic N) is 1. The number of nitrogens with one attached hydrogen (secondary N) is 1. The monoisotopic (exact) mass is 440 g/mol. The molecule has 170 valence electrons. The van der Waals surface area contributed by atoms with E-state index in [9.17, 15) is 14.4 Å². The smallest absolute Gasteiger partial charge is 0.408 e. The molecule has 2 aromatic carbocycles. The van der Waals surface area contributed by atoms with Crippen molar-refractivity contribution in [2.75, 3.05) is 33.9 Å². The number of carboxylic acid groups (broad SMARTS) is 1. The summed E-state index contributed by atoms with van der Waals surface area (Å²) in [5.74, 6) is -1.82. The molecular weight excluding hydrogens is 412 g/mol. The molecule has 1 aliphatic carbocycles. The number of hydrogen-bond donors (Lipinski definition) is 2. The zero-order valence-electron chi connectivity index (χ0n) is 18.5. The Morgan fingerprint density at radius 3 is 2.12 bits per heavy atom. The Morgan fingerprint density at radius 2 is 1.62 bits per heavy atom. The van der Waals surface area contributed by atoms with E-state index in [-0.39, 0.29) is 25.6 Å². The summed E-state index contributed by atoms with van der Waals surface area (Å²) in [6.07, 6.45) is -0.559. The van der Waals surface area contributed by atoms with Crippen molar-refractivity contribution in [2.45, 2.75) is 24.8 Å². The quantitative estimate of drug-likeness (QED) is 0.621. The van der Waals surface area contributed by atoms with Crippen molar-refractivity contribution in [3.8, 4) is 11.1 Å². The molecule has 0 aliphatic heterocycles. The Kier molecular flexibility index (Phi) is 7.15. The molecule has 1 atom stereocenters.